The number of rotatable bonds is 7. The summed E-state index contributed by atoms with van der Waals surface area (Å²) in [7, 11) is -3.76. The Labute approximate surface area is 103 Å². The maximum Gasteiger partial charge on any atom is 0.261 e. The van der Waals surface area contributed by atoms with E-state index in [0.717, 1.165) is 24.3 Å². The third kappa shape index (κ3) is 5.03. The minimum absolute atomic E-state index is 0.0993. The van der Waals surface area contributed by atoms with Gasteiger partial charge in [-0.05, 0) is 24.3 Å². The molecule has 8 heteroatoms. The summed E-state index contributed by atoms with van der Waals surface area (Å²) in [6.07, 6.45) is -2.58. The van der Waals surface area contributed by atoms with Gasteiger partial charge in [0.15, 0.2) is 0 Å². The van der Waals surface area contributed by atoms with Gasteiger partial charge < -0.3 is 4.74 Å². The van der Waals surface area contributed by atoms with Crippen LogP contribution in [-0.4, -0.2) is 34.6 Å². The molecule has 0 radical (unpaired) electrons. The number of ether oxygens (including phenoxy) is 1. The average molecular weight is 283 g/mol. The molecule has 1 rings (SSSR count). The topological polar surface area (TPSA) is 55.4 Å². The Morgan fingerprint density at radius 1 is 1.22 bits per heavy atom. The Bertz CT molecular complexity index is 462. The Balaban J connectivity index is 2.43. The lowest BCUT2D eigenvalue weighted by Crippen LogP contribution is -2.28. The van der Waals surface area contributed by atoms with Gasteiger partial charge in [-0.2, -0.15) is 0 Å². The molecular formula is C10H12F3NO3S. The molecule has 0 saturated carbocycles. The summed E-state index contributed by atoms with van der Waals surface area (Å²) in [5.74, 6) is -0.547. The van der Waals surface area contributed by atoms with E-state index in [4.69, 9.17) is 0 Å². The first-order valence-corrected chi connectivity index (χ1v) is 6.51. The van der Waals surface area contributed by atoms with E-state index in [1.165, 1.54) is 0 Å². The van der Waals surface area contributed by atoms with Gasteiger partial charge in [0.2, 0.25) is 10.0 Å². The molecule has 0 unspecified atom stereocenters. The molecular weight excluding hydrogens is 271 g/mol. The molecule has 0 amide bonds. The van der Waals surface area contributed by atoms with Crippen LogP contribution in [0, 0.1) is 5.82 Å². The van der Waals surface area contributed by atoms with Gasteiger partial charge in [-0.1, -0.05) is 0 Å². The molecule has 1 aromatic rings. The third-order valence-electron chi connectivity index (χ3n) is 1.91. The van der Waals surface area contributed by atoms with Crippen molar-refractivity contribution in [2.75, 3.05) is 19.8 Å². The van der Waals surface area contributed by atoms with E-state index >= 15 is 0 Å². The van der Waals surface area contributed by atoms with Gasteiger partial charge in [0.1, 0.15) is 12.4 Å². The lowest BCUT2D eigenvalue weighted by Gasteiger charge is -2.07. The summed E-state index contributed by atoms with van der Waals surface area (Å²) in [5.41, 5.74) is 0. The monoisotopic (exact) mass is 283 g/mol. The van der Waals surface area contributed by atoms with Crippen LogP contribution in [0.5, 0.6) is 0 Å². The van der Waals surface area contributed by atoms with Gasteiger partial charge in [0.05, 0.1) is 11.5 Å². The van der Waals surface area contributed by atoms with Crippen molar-refractivity contribution in [2.45, 2.75) is 11.3 Å². The fourth-order valence-corrected chi connectivity index (χ4v) is 2.13. The SMILES string of the molecule is O=S(=O)(NCCOCC(F)F)c1ccc(F)cc1. The van der Waals surface area contributed by atoms with Crippen molar-refractivity contribution in [1.29, 1.82) is 0 Å². The highest BCUT2D eigenvalue weighted by molar-refractivity contribution is 7.89. The Morgan fingerprint density at radius 3 is 2.39 bits per heavy atom. The summed E-state index contributed by atoms with van der Waals surface area (Å²) >= 11 is 0. The molecule has 0 spiro atoms. The van der Waals surface area contributed by atoms with E-state index in [0.29, 0.717) is 0 Å². The maximum atomic E-state index is 12.6. The first-order valence-electron chi connectivity index (χ1n) is 5.03. The van der Waals surface area contributed by atoms with Gasteiger partial charge in [0, 0.05) is 6.54 Å². The normalized spacial score (nSPS) is 12.0. The molecule has 1 aromatic carbocycles. The average Bonchev–Trinajstić information content (AvgIpc) is 2.28. The molecule has 0 saturated heterocycles. The third-order valence-corrected chi connectivity index (χ3v) is 3.38. The van der Waals surface area contributed by atoms with Crippen LogP contribution in [0.15, 0.2) is 29.2 Å². The largest absolute Gasteiger partial charge is 0.374 e. The molecule has 0 aliphatic rings. The molecule has 0 aliphatic carbocycles. The fraction of sp³-hybridized carbons (Fsp3) is 0.400. The molecule has 18 heavy (non-hydrogen) atoms. The second-order valence-electron chi connectivity index (χ2n) is 3.32. The van der Waals surface area contributed by atoms with Crippen LogP contribution in [0.1, 0.15) is 0 Å². The smallest absolute Gasteiger partial charge is 0.261 e. The number of benzene rings is 1. The second-order valence-corrected chi connectivity index (χ2v) is 5.08. The molecule has 0 aliphatic heterocycles. The summed E-state index contributed by atoms with van der Waals surface area (Å²) < 4.78 is 65.9. The summed E-state index contributed by atoms with van der Waals surface area (Å²) in [6.45, 7) is -1.03. The van der Waals surface area contributed by atoms with Gasteiger partial charge in [-0.25, -0.2) is 26.3 Å². The van der Waals surface area contributed by atoms with Crippen molar-refractivity contribution in [1.82, 2.24) is 4.72 Å². The van der Waals surface area contributed by atoms with Crippen LogP contribution in [-0.2, 0) is 14.8 Å². The number of hydrogen-bond acceptors (Lipinski definition) is 3. The van der Waals surface area contributed by atoms with Crippen LogP contribution in [0.2, 0.25) is 0 Å². The van der Waals surface area contributed by atoms with E-state index in [1.807, 2.05) is 0 Å². The van der Waals surface area contributed by atoms with Crippen molar-refractivity contribution < 1.29 is 26.3 Å². The van der Waals surface area contributed by atoms with Crippen LogP contribution < -0.4 is 4.72 Å². The van der Waals surface area contributed by atoms with Crippen molar-refractivity contribution in [2.24, 2.45) is 0 Å². The predicted molar refractivity (Wildman–Crippen MR) is 58.4 cm³/mol. The highest BCUT2D eigenvalue weighted by Crippen LogP contribution is 2.09. The van der Waals surface area contributed by atoms with Crippen molar-refractivity contribution in [3.8, 4) is 0 Å². The minimum atomic E-state index is -3.76. The van der Waals surface area contributed by atoms with Crippen LogP contribution in [0.4, 0.5) is 13.2 Å². The predicted octanol–water partition coefficient (Wildman–Crippen LogP) is 1.39. The summed E-state index contributed by atoms with van der Waals surface area (Å²) in [6, 6.07) is 4.25. The van der Waals surface area contributed by atoms with Crippen LogP contribution in [0.3, 0.4) is 0 Å². The van der Waals surface area contributed by atoms with Gasteiger partial charge in [-0.15, -0.1) is 0 Å². The zero-order valence-corrected chi connectivity index (χ0v) is 10.1. The molecule has 1 N–H and O–H groups in total. The lowest BCUT2D eigenvalue weighted by atomic mass is 10.4. The van der Waals surface area contributed by atoms with E-state index in [1.54, 1.807) is 0 Å². The number of hydrogen-bond donors (Lipinski definition) is 1. The van der Waals surface area contributed by atoms with Crippen LogP contribution >= 0.6 is 0 Å². The summed E-state index contributed by atoms with van der Waals surface area (Å²) in [4.78, 5) is -0.0993. The number of sulfonamides is 1. The molecule has 0 atom stereocenters. The van der Waals surface area contributed by atoms with Crippen molar-refractivity contribution >= 4 is 10.0 Å². The zero-order valence-electron chi connectivity index (χ0n) is 9.27. The standard InChI is InChI=1S/C10H12F3NO3S/c11-8-1-3-9(4-2-8)18(15,16)14-5-6-17-7-10(12)13/h1-4,10,14H,5-7H2. The van der Waals surface area contributed by atoms with E-state index in [-0.39, 0.29) is 18.0 Å². The highest BCUT2D eigenvalue weighted by Gasteiger charge is 2.13. The number of nitrogens with one attached hydrogen (secondary N) is 1. The van der Waals surface area contributed by atoms with Crippen molar-refractivity contribution in [3.63, 3.8) is 0 Å². The highest BCUT2D eigenvalue weighted by atomic mass is 32.2. The van der Waals surface area contributed by atoms with Gasteiger partial charge in [0.25, 0.3) is 6.43 Å². The first-order chi connectivity index (χ1) is 8.42. The van der Waals surface area contributed by atoms with E-state index in [9.17, 15) is 21.6 Å². The maximum absolute atomic E-state index is 12.6. The lowest BCUT2D eigenvalue weighted by molar-refractivity contribution is 0.0199. The Hall–Kier alpha value is -1.12. The van der Waals surface area contributed by atoms with E-state index < -0.39 is 28.9 Å². The zero-order chi connectivity index (χ0) is 13.6. The molecule has 0 bridgehead atoms. The quantitative estimate of drug-likeness (QED) is 0.769. The Morgan fingerprint density at radius 2 is 1.83 bits per heavy atom. The summed E-state index contributed by atoms with van der Waals surface area (Å²) in [5, 5.41) is 0. The molecule has 0 fully saturated rings. The fourth-order valence-electron chi connectivity index (χ4n) is 1.12. The van der Waals surface area contributed by atoms with Gasteiger partial charge >= 0.3 is 0 Å². The Kier molecular flexibility index (Phi) is 5.57. The molecule has 102 valence electrons. The van der Waals surface area contributed by atoms with Crippen molar-refractivity contribution in [3.05, 3.63) is 30.1 Å². The van der Waals surface area contributed by atoms with E-state index in [2.05, 4.69) is 9.46 Å². The number of halogens is 3. The molecule has 0 heterocycles. The number of alkyl halides is 2. The van der Waals surface area contributed by atoms with Gasteiger partial charge in [-0.3, -0.25) is 0 Å². The van der Waals surface area contributed by atoms with Crippen LogP contribution in [0.25, 0.3) is 0 Å². The second kappa shape index (κ2) is 6.72. The first kappa shape index (κ1) is 14.9. The molecule has 4 nitrogen and oxygen atoms in total. The molecule has 0 aromatic heterocycles. The minimum Gasteiger partial charge on any atom is -0.374 e.